The Hall–Kier alpha value is -1.55. The maximum Gasteiger partial charge on any atom is 0.253 e. The Bertz CT molecular complexity index is 529. The summed E-state index contributed by atoms with van der Waals surface area (Å²) in [5.41, 5.74) is 1.12. The molecule has 0 saturated carbocycles. The van der Waals surface area contributed by atoms with Crippen molar-refractivity contribution in [3.8, 4) is 0 Å². The third kappa shape index (κ3) is 3.31. The second-order valence-corrected chi connectivity index (χ2v) is 5.85. The number of anilines is 1. The number of nitrogens with one attached hydrogen (secondary N) is 1. The Morgan fingerprint density at radius 1 is 1.45 bits per heavy atom. The van der Waals surface area contributed by atoms with E-state index in [0.29, 0.717) is 41.7 Å². The van der Waals surface area contributed by atoms with Crippen LogP contribution in [0.4, 0.5) is 5.69 Å². The lowest BCUT2D eigenvalue weighted by Gasteiger charge is -2.20. The fourth-order valence-corrected chi connectivity index (χ4v) is 2.38. The van der Waals surface area contributed by atoms with Crippen molar-refractivity contribution in [3.05, 3.63) is 28.8 Å². The van der Waals surface area contributed by atoms with E-state index in [1.807, 2.05) is 13.8 Å². The number of hydrogen-bond donors (Lipinski definition) is 1. The van der Waals surface area contributed by atoms with Gasteiger partial charge in [0, 0.05) is 24.5 Å². The number of carbonyl (C=O) groups is 2. The standard InChI is InChI=1S/C15H19ClN2O2/c1-10(2)9-17-15(20)12-6-5-11(16)8-13(12)18-7-3-4-14(18)19/h5-6,8,10H,3-4,7,9H2,1-2H3,(H,17,20). The van der Waals surface area contributed by atoms with Crippen molar-refractivity contribution in [2.75, 3.05) is 18.0 Å². The Morgan fingerprint density at radius 3 is 2.80 bits per heavy atom. The molecule has 1 fully saturated rings. The van der Waals surface area contributed by atoms with Crippen molar-refractivity contribution >= 4 is 29.1 Å². The predicted octanol–water partition coefficient (Wildman–Crippen LogP) is 2.85. The van der Waals surface area contributed by atoms with Gasteiger partial charge in [-0.25, -0.2) is 0 Å². The van der Waals surface area contributed by atoms with Crippen molar-refractivity contribution in [3.63, 3.8) is 0 Å². The third-order valence-electron chi connectivity index (χ3n) is 3.24. The van der Waals surface area contributed by atoms with Crippen LogP contribution in [0, 0.1) is 5.92 Å². The molecule has 1 saturated heterocycles. The molecule has 1 heterocycles. The summed E-state index contributed by atoms with van der Waals surface area (Å²) >= 11 is 6.01. The first kappa shape index (κ1) is 14.9. The van der Waals surface area contributed by atoms with Crippen molar-refractivity contribution in [2.45, 2.75) is 26.7 Å². The predicted molar refractivity (Wildman–Crippen MR) is 80.2 cm³/mol. The molecule has 20 heavy (non-hydrogen) atoms. The summed E-state index contributed by atoms with van der Waals surface area (Å²) in [6, 6.07) is 5.05. The van der Waals surface area contributed by atoms with E-state index in [1.165, 1.54) is 0 Å². The minimum atomic E-state index is -0.162. The maximum absolute atomic E-state index is 12.3. The normalized spacial score (nSPS) is 15.0. The molecule has 0 bridgehead atoms. The highest BCUT2D eigenvalue weighted by atomic mass is 35.5. The average molecular weight is 295 g/mol. The third-order valence-corrected chi connectivity index (χ3v) is 3.47. The number of hydrogen-bond acceptors (Lipinski definition) is 2. The Morgan fingerprint density at radius 2 is 2.20 bits per heavy atom. The number of benzene rings is 1. The molecule has 1 aliphatic heterocycles. The molecule has 2 amide bonds. The molecule has 1 N–H and O–H groups in total. The molecule has 0 spiro atoms. The van der Waals surface area contributed by atoms with Crippen LogP contribution in [0.5, 0.6) is 0 Å². The summed E-state index contributed by atoms with van der Waals surface area (Å²) in [4.78, 5) is 25.8. The lowest BCUT2D eigenvalue weighted by atomic mass is 10.1. The lowest BCUT2D eigenvalue weighted by molar-refractivity contribution is -0.117. The maximum atomic E-state index is 12.3. The van der Waals surface area contributed by atoms with Crippen molar-refractivity contribution in [1.29, 1.82) is 0 Å². The van der Waals surface area contributed by atoms with Gasteiger partial charge in [0.2, 0.25) is 5.91 Å². The molecular formula is C15H19ClN2O2. The zero-order valence-corrected chi connectivity index (χ0v) is 12.5. The first-order valence-corrected chi connectivity index (χ1v) is 7.25. The van der Waals surface area contributed by atoms with Gasteiger partial charge in [0.25, 0.3) is 5.91 Å². The molecule has 2 rings (SSSR count). The van der Waals surface area contributed by atoms with Gasteiger partial charge in [-0.3, -0.25) is 9.59 Å². The fraction of sp³-hybridized carbons (Fsp3) is 0.467. The number of carbonyl (C=O) groups excluding carboxylic acids is 2. The van der Waals surface area contributed by atoms with E-state index in [9.17, 15) is 9.59 Å². The van der Waals surface area contributed by atoms with Gasteiger partial charge in [0.05, 0.1) is 11.3 Å². The van der Waals surface area contributed by atoms with Gasteiger partial charge in [-0.2, -0.15) is 0 Å². The molecule has 0 unspecified atom stereocenters. The quantitative estimate of drug-likeness (QED) is 0.928. The van der Waals surface area contributed by atoms with Crippen LogP contribution in [0.2, 0.25) is 5.02 Å². The van der Waals surface area contributed by atoms with Crippen LogP contribution >= 0.6 is 11.6 Å². The van der Waals surface area contributed by atoms with Crippen LogP contribution in [0.25, 0.3) is 0 Å². The molecule has 0 aliphatic carbocycles. The van der Waals surface area contributed by atoms with Gasteiger partial charge in [-0.1, -0.05) is 25.4 Å². The molecule has 0 atom stereocenters. The summed E-state index contributed by atoms with van der Waals surface area (Å²) < 4.78 is 0. The van der Waals surface area contributed by atoms with Gasteiger partial charge >= 0.3 is 0 Å². The summed E-state index contributed by atoms with van der Waals surface area (Å²) in [5.74, 6) is 0.262. The highest BCUT2D eigenvalue weighted by Crippen LogP contribution is 2.28. The zero-order valence-electron chi connectivity index (χ0n) is 11.8. The highest BCUT2D eigenvalue weighted by Gasteiger charge is 2.26. The van der Waals surface area contributed by atoms with E-state index < -0.39 is 0 Å². The van der Waals surface area contributed by atoms with Gasteiger partial charge < -0.3 is 10.2 Å². The molecule has 0 aromatic heterocycles. The van der Waals surface area contributed by atoms with Crippen LogP contribution in [0.15, 0.2) is 18.2 Å². The zero-order chi connectivity index (χ0) is 14.7. The highest BCUT2D eigenvalue weighted by molar-refractivity contribution is 6.31. The van der Waals surface area contributed by atoms with Crippen molar-refractivity contribution in [1.82, 2.24) is 5.32 Å². The largest absolute Gasteiger partial charge is 0.352 e. The van der Waals surface area contributed by atoms with Crippen LogP contribution in [-0.4, -0.2) is 24.9 Å². The van der Waals surface area contributed by atoms with Crippen LogP contribution in [0.3, 0.4) is 0 Å². The van der Waals surface area contributed by atoms with Crippen molar-refractivity contribution in [2.24, 2.45) is 5.92 Å². The van der Waals surface area contributed by atoms with Crippen LogP contribution in [0.1, 0.15) is 37.0 Å². The van der Waals surface area contributed by atoms with E-state index in [-0.39, 0.29) is 11.8 Å². The minimum Gasteiger partial charge on any atom is -0.352 e. The molecule has 1 aromatic carbocycles. The Kier molecular flexibility index (Phi) is 4.65. The molecule has 108 valence electrons. The number of nitrogens with zero attached hydrogens (tertiary/aromatic N) is 1. The lowest BCUT2D eigenvalue weighted by Crippen LogP contribution is -2.31. The molecule has 1 aromatic rings. The minimum absolute atomic E-state index is 0.0465. The van der Waals surface area contributed by atoms with Crippen LogP contribution < -0.4 is 10.2 Å². The molecular weight excluding hydrogens is 276 g/mol. The fourth-order valence-electron chi connectivity index (χ4n) is 2.22. The van der Waals surface area contributed by atoms with E-state index in [2.05, 4.69) is 5.32 Å². The van der Waals surface area contributed by atoms with Gasteiger partial charge in [-0.15, -0.1) is 0 Å². The van der Waals surface area contributed by atoms with Gasteiger partial charge in [-0.05, 0) is 30.5 Å². The summed E-state index contributed by atoms with van der Waals surface area (Å²) in [7, 11) is 0. The summed E-state index contributed by atoms with van der Waals surface area (Å²) in [5, 5.41) is 3.40. The second-order valence-electron chi connectivity index (χ2n) is 5.41. The number of rotatable bonds is 4. The summed E-state index contributed by atoms with van der Waals surface area (Å²) in [6.07, 6.45) is 1.35. The number of halogens is 1. The average Bonchev–Trinajstić information content (AvgIpc) is 2.82. The van der Waals surface area contributed by atoms with Gasteiger partial charge in [0.1, 0.15) is 0 Å². The van der Waals surface area contributed by atoms with E-state index in [0.717, 1.165) is 6.42 Å². The van der Waals surface area contributed by atoms with Crippen LogP contribution in [-0.2, 0) is 4.79 Å². The SMILES string of the molecule is CC(C)CNC(=O)c1ccc(Cl)cc1N1CCCC1=O. The number of amides is 2. The molecule has 0 radical (unpaired) electrons. The topological polar surface area (TPSA) is 49.4 Å². The molecule has 1 aliphatic rings. The van der Waals surface area contributed by atoms with E-state index in [4.69, 9.17) is 11.6 Å². The van der Waals surface area contributed by atoms with Crippen molar-refractivity contribution < 1.29 is 9.59 Å². The smallest absolute Gasteiger partial charge is 0.253 e. The van der Waals surface area contributed by atoms with Gasteiger partial charge in [0.15, 0.2) is 0 Å². The van der Waals surface area contributed by atoms with E-state index in [1.54, 1.807) is 23.1 Å². The monoisotopic (exact) mass is 294 g/mol. The Labute approximate surface area is 124 Å². The molecule has 4 nitrogen and oxygen atoms in total. The first-order valence-electron chi connectivity index (χ1n) is 6.87. The second kappa shape index (κ2) is 6.27. The Balaban J connectivity index is 2.28. The molecule has 5 heteroatoms. The van der Waals surface area contributed by atoms with E-state index >= 15 is 0 Å². The first-order chi connectivity index (χ1) is 9.49. The summed E-state index contributed by atoms with van der Waals surface area (Å²) in [6.45, 7) is 5.32.